The highest BCUT2D eigenvalue weighted by Crippen LogP contribution is 2.22. The molecule has 304 valence electrons. The Kier molecular flexibility index (Phi) is 27.5. The summed E-state index contributed by atoms with van der Waals surface area (Å²) in [5.74, 6) is 2.98. The van der Waals surface area contributed by atoms with Crippen molar-refractivity contribution in [2.24, 2.45) is 5.84 Å². The van der Waals surface area contributed by atoms with E-state index >= 15 is 0 Å². The van der Waals surface area contributed by atoms with Crippen molar-refractivity contribution in [3.63, 3.8) is 0 Å². The van der Waals surface area contributed by atoms with Gasteiger partial charge in [-0.15, -0.1) is 0 Å². The van der Waals surface area contributed by atoms with Crippen LogP contribution in [0.5, 0.6) is 0 Å². The summed E-state index contributed by atoms with van der Waals surface area (Å²) in [6, 6.07) is -1.62. The average molecular weight is 746 g/mol. The van der Waals surface area contributed by atoms with Crippen LogP contribution in [-0.2, 0) is 28.7 Å². The molecule has 0 unspecified atom stereocenters. The second-order valence-corrected chi connectivity index (χ2v) is 13.9. The molecule has 0 spiro atoms. The lowest BCUT2D eigenvalue weighted by atomic mass is 9.99. The first-order chi connectivity index (χ1) is 25.1. The fourth-order valence-electron chi connectivity index (χ4n) is 6.18. The molecule has 1 aliphatic heterocycles. The van der Waals surface area contributed by atoms with Crippen LogP contribution in [0.25, 0.3) is 0 Å². The lowest BCUT2D eigenvalue weighted by Crippen LogP contribution is -2.59. The van der Waals surface area contributed by atoms with Gasteiger partial charge in [-0.05, 0) is 25.7 Å². The highest BCUT2D eigenvalue weighted by Gasteiger charge is 2.44. The number of hydrogen-bond donors (Lipinski definition) is 8. The van der Waals surface area contributed by atoms with Crippen molar-refractivity contribution in [3.8, 4) is 0 Å². The molecule has 1 saturated heterocycles. The largest absolute Gasteiger partial charge is 0.394 e. The van der Waals surface area contributed by atoms with Gasteiger partial charge in [-0.25, -0.2) is 5.84 Å². The van der Waals surface area contributed by atoms with Crippen LogP contribution < -0.4 is 21.9 Å². The van der Waals surface area contributed by atoms with E-state index in [0.717, 1.165) is 38.8 Å². The Balaban J connectivity index is 2.49. The first-order valence-electron chi connectivity index (χ1n) is 19.9. The molecular weight excluding hydrogens is 674 g/mol. The van der Waals surface area contributed by atoms with Gasteiger partial charge < -0.3 is 45.4 Å². The Bertz CT molecular complexity index is 955. The maximum Gasteiger partial charge on any atom is 0.266 e. The first-order valence-corrected chi connectivity index (χ1v) is 19.9. The Hall–Kier alpha value is -2.40. The van der Waals surface area contributed by atoms with Crippen molar-refractivity contribution < 1.29 is 49.1 Å². The summed E-state index contributed by atoms with van der Waals surface area (Å²) in [7, 11) is 0. The van der Waals surface area contributed by atoms with Gasteiger partial charge in [0.05, 0.1) is 13.2 Å². The number of nitrogens with two attached hydrogens (primary N) is 1. The highest BCUT2D eigenvalue weighted by atomic mass is 16.7. The molecule has 1 rings (SSSR count). The van der Waals surface area contributed by atoms with Gasteiger partial charge >= 0.3 is 0 Å². The summed E-state index contributed by atoms with van der Waals surface area (Å²) in [4.78, 5) is 52.9. The highest BCUT2D eigenvalue weighted by molar-refractivity contribution is 6.06. The maximum absolute atomic E-state index is 13.2. The van der Waals surface area contributed by atoms with Crippen molar-refractivity contribution in [2.45, 2.75) is 179 Å². The van der Waals surface area contributed by atoms with Crippen LogP contribution in [0.4, 0.5) is 0 Å². The number of unbranched alkanes of at least 4 members (excludes halogenated alkanes) is 15. The van der Waals surface area contributed by atoms with Gasteiger partial charge in [0.1, 0.15) is 24.4 Å². The molecular formula is C37H71N5O10. The number of ether oxygens (including phenoxy) is 2. The van der Waals surface area contributed by atoms with E-state index in [9.17, 15) is 39.6 Å². The number of hydrogen-bond acceptors (Lipinski definition) is 11. The second kappa shape index (κ2) is 30.0. The lowest BCUT2D eigenvalue weighted by molar-refractivity contribution is -0.300. The molecule has 6 atom stereocenters. The summed E-state index contributed by atoms with van der Waals surface area (Å²) in [5, 5.41) is 43.9. The monoisotopic (exact) mass is 746 g/mol. The number of aliphatic hydroxyl groups is 4. The third-order valence-electron chi connectivity index (χ3n) is 9.46. The van der Waals surface area contributed by atoms with Crippen molar-refractivity contribution in [1.29, 1.82) is 0 Å². The first kappa shape index (κ1) is 47.6. The predicted octanol–water partition coefficient (Wildman–Crippen LogP) is 2.06. The fourth-order valence-corrected chi connectivity index (χ4v) is 6.18. The molecule has 1 heterocycles. The van der Waals surface area contributed by atoms with E-state index in [-0.39, 0.29) is 25.5 Å². The van der Waals surface area contributed by atoms with E-state index in [1.165, 1.54) is 77.0 Å². The van der Waals surface area contributed by atoms with E-state index in [1.807, 2.05) is 10.3 Å². The van der Waals surface area contributed by atoms with Crippen LogP contribution in [-0.4, -0.2) is 119 Å². The van der Waals surface area contributed by atoms with Crippen LogP contribution in [0.15, 0.2) is 0 Å². The molecule has 0 bridgehead atoms. The van der Waals surface area contributed by atoms with Crippen LogP contribution in [0, 0.1) is 0 Å². The average Bonchev–Trinajstić information content (AvgIpc) is 3.14. The summed E-state index contributed by atoms with van der Waals surface area (Å²) >= 11 is 0. The topological polar surface area (TPSA) is 233 Å². The molecule has 0 saturated carbocycles. The van der Waals surface area contributed by atoms with Gasteiger partial charge in [0, 0.05) is 32.5 Å². The molecule has 0 aromatic rings. The van der Waals surface area contributed by atoms with Gasteiger partial charge in [0.15, 0.2) is 12.3 Å². The summed E-state index contributed by atoms with van der Waals surface area (Å²) in [6.07, 6.45) is 13.2. The third kappa shape index (κ3) is 20.2. The molecule has 1 fully saturated rings. The van der Waals surface area contributed by atoms with Crippen molar-refractivity contribution in [1.82, 2.24) is 21.0 Å². The predicted molar refractivity (Wildman–Crippen MR) is 197 cm³/mol. The van der Waals surface area contributed by atoms with E-state index in [2.05, 4.69) is 24.5 Å². The van der Waals surface area contributed by atoms with E-state index in [4.69, 9.17) is 15.3 Å². The molecule has 0 aromatic carbocycles. The zero-order valence-electron chi connectivity index (χ0n) is 31.9. The Morgan fingerprint density at radius 1 is 0.712 bits per heavy atom. The Morgan fingerprint density at radius 3 is 1.75 bits per heavy atom. The quantitative estimate of drug-likeness (QED) is 0.0168. The molecule has 0 aromatic heterocycles. The van der Waals surface area contributed by atoms with Crippen molar-refractivity contribution in [3.05, 3.63) is 0 Å². The number of nitrogens with zero attached hydrogens (tertiary/aromatic N) is 1. The minimum Gasteiger partial charge on any atom is -0.394 e. The standard InChI is InChI=1S/C37H71N5O10/c1-3-5-7-9-11-13-15-19-24-42(25-20-16-14-12-10-8-6-4-2)30(45)22-18-17-21-29(44)40-31(36(50)41-38)35(49)39-23-26-51-37-34(48)33(47)32(46)28(27-43)52-37/h28,31-34,37,43,46-48H,3-27,38H2,1-2H3,(H,39,49)(H,40,44)(H,41,50)/t28-,31+,32-,33+,34-,37-/m1/s1. The zero-order chi connectivity index (χ0) is 38.6. The van der Waals surface area contributed by atoms with Crippen LogP contribution in [0.3, 0.4) is 0 Å². The zero-order valence-corrected chi connectivity index (χ0v) is 31.9. The summed E-state index contributed by atoms with van der Waals surface area (Å²) in [5.41, 5.74) is 1.86. The number of aliphatic hydroxyl groups excluding tert-OH is 4. The molecule has 15 nitrogen and oxygen atoms in total. The molecule has 15 heteroatoms. The van der Waals surface area contributed by atoms with Gasteiger partial charge in [-0.2, -0.15) is 0 Å². The number of amides is 4. The number of rotatable bonds is 31. The van der Waals surface area contributed by atoms with E-state index < -0.39 is 61.1 Å². The van der Waals surface area contributed by atoms with Gasteiger partial charge in [0.25, 0.3) is 11.8 Å². The minimum absolute atomic E-state index is 0.00515. The van der Waals surface area contributed by atoms with Crippen molar-refractivity contribution in [2.75, 3.05) is 32.8 Å². The second-order valence-electron chi connectivity index (χ2n) is 13.9. The fraction of sp³-hybridized carbons (Fsp3) is 0.892. The van der Waals surface area contributed by atoms with E-state index in [1.54, 1.807) is 0 Å². The SMILES string of the molecule is CCCCCCCCCCN(CCCCCCCCCC)C(=O)CCCCC(=O)N[C@H](C(=O)NN)C(=O)NCCO[C@@H]1O[C@H](CO)[C@@H](O)[C@H](O)[C@H]1O. The van der Waals surface area contributed by atoms with Crippen LogP contribution >= 0.6 is 0 Å². The molecule has 9 N–H and O–H groups in total. The molecule has 1 aliphatic rings. The van der Waals surface area contributed by atoms with Gasteiger partial charge in [-0.3, -0.25) is 24.6 Å². The van der Waals surface area contributed by atoms with Crippen LogP contribution in [0.2, 0.25) is 0 Å². The Morgan fingerprint density at radius 2 is 1.23 bits per heavy atom. The summed E-state index contributed by atoms with van der Waals surface area (Å²) < 4.78 is 10.6. The molecule has 52 heavy (non-hydrogen) atoms. The third-order valence-corrected chi connectivity index (χ3v) is 9.46. The number of hydrazine groups is 1. The van der Waals surface area contributed by atoms with Gasteiger partial charge in [-0.1, -0.05) is 104 Å². The molecule has 0 radical (unpaired) electrons. The Labute approximate surface area is 311 Å². The van der Waals surface area contributed by atoms with Crippen molar-refractivity contribution >= 4 is 23.6 Å². The number of carbonyl (C=O) groups excluding carboxylic acids is 4. The maximum atomic E-state index is 13.2. The van der Waals surface area contributed by atoms with Crippen LogP contribution in [0.1, 0.15) is 142 Å². The smallest absolute Gasteiger partial charge is 0.266 e. The normalized spacial score (nSPS) is 20.6. The lowest BCUT2D eigenvalue weighted by Gasteiger charge is -2.39. The molecule has 0 aliphatic carbocycles. The van der Waals surface area contributed by atoms with Gasteiger partial charge in [0.2, 0.25) is 11.8 Å². The summed E-state index contributed by atoms with van der Waals surface area (Å²) in [6.45, 7) is 4.92. The number of carbonyl (C=O) groups is 4. The minimum atomic E-state index is -1.62. The van der Waals surface area contributed by atoms with E-state index in [0.29, 0.717) is 19.3 Å². The number of nitrogens with one attached hydrogen (secondary N) is 3. The molecule has 4 amide bonds.